The van der Waals surface area contributed by atoms with Crippen LogP contribution in [0.15, 0.2) is 42.9 Å². The lowest BCUT2D eigenvalue weighted by molar-refractivity contribution is -0.126. The van der Waals surface area contributed by atoms with Crippen molar-refractivity contribution in [3.63, 3.8) is 0 Å². The largest absolute Gasteiger partial charge is 0.370 e. The maximum absolute atomic E-state index is 12.8. The van der Waals surface area contributed by atoms with Crippen molar-refractivity contribution in [3.8, 4) is 0 Å². The summed E-state index contributed by atoms with van der Waals surface area (Å²) in [7, 11) is 0. The Hall–Kier alpha value is -3.02. The van der Waals surface area contributed by atoms with E-state index in [1.165, 1.54) is 16.7 Å². The number of nitrogens with one attached hydrogen (secondary N) is 1. The van der Waals surface area contributed by atoms with Crippen LogP contribution in [0.4, 0.5) is 5.69 Å². The molecule has 1 N–H and O–H groups in total. The molecule has 1 aromatic carbocycles. The van der Waals surface area contributed by atoms with Gasteiger partial charge < -0.3 is 10.2 Å². The molecule has 29 heavy (non-hydrogen) atoms. The summed E-state index contributed by atoms with van der Waals surface area (Å²) in [5.41, 5.74) is 6.15. The fraction of sp³-hybridized carbons (Fsp3) is 0.391. The lowest BCUT2D eigenvalue weighted by atomic mass is 9.94. The Bertz CT molecular complexity index is 1030. The highest BCUT2D eigenvalue weighted by molar-refractivity contribution is 5.79. The van der Waals surface area contributed by atoms with Crippen molar-refractivity contribution in [1.82, 2.24) is 20.3 Å². The minimum Gasteiger partial charge on any atom is -0.370 e. The molecule has 0 radical (unpaired) electrons. The van der Waals surface area contributed by atoms with E-state index in [2.05, 4.69) is 64.1 Å². The van der Waals surface area contributed by atoms with Crippen LogP contribution in [-0.4, -0.2) is 33.9 Å². The maximum atomic E-state index is 12.8. The SMILES string of the molecule is Cc1ccc([C@@H](C)NC(=O)C2CCN(c3cnc4nccnc4c3)CC2)c(C)c1. The number of anilines is 1. The summed E-state index contributed by atoms with van der Waals surface area (Å²) in [5.74, 6) is 0.201. The molecule has 1 aliphatic heterocycles. The third-order valence-electron chi connectivity index (χ3n) is 5.79. The number of carbonyl (C=O) groups excluding carboxylic acids is 1. The van der Waals surface area contributed by atoms with E-state index >= 15 is 0 Å². The molecule has 0 saturated carbocycles. The average molecular weight is 390 g/mol. The first-order chi connectivity index (χ1) is 14.0. The first-order valence-electron chi connectivity index (χ1n) is 10.2. The molecule has 0 spiro atoms. The van der Waals surface area contributed by atoms with E-state index in [-0.39, 0.29) is 17.9 Å². The second-order valence-electron chi connectivity index (χ2n) is 7.94. The molecular formula is C23H27N5O. The van der Waals surface area contributed by atoms with Crippen molar-refractivity contribution in [2.45, 2.75) is 39.7 Å². The predicted molar refractivity (Wildman–Crippen MR) is 115 cm³/mol. The maximum Gasteiger partial charge on any atom is 0.223 e. The zero-order chi connectivity index (χ0) is 20.4. The van der Waals surface area contributed by atoms with E-state index < -0.39 is 0 Å². The van der Waals surface area contributed by atoms with Crippen LogP contribution in [0.5, 0.6) is 0 Å². The second-order valence-corrected chi connectivity index (χ2v) is 7.94. The summed E-state index contributed by atoms with van der Waals surface area (Å²) in [6, 6.07) is 8.43. The number of benzene rings is 1. The van der Waals surface area contributed by atoms with Crippen LogP contribution in [-0.2, 0) is 4.79 Å². The number of hydrogen-bond donors (Lipinski definition) is 1. The Morgan fingerprint density at radius 2 is 1.86 bits per heavy atom. The van der Waals surface area contributed by atoms with Gasteiger partial charge >= 0.3 is 0 Å². The zero-order valence-corrected chi connectivity index (χ0v) is 17.2. The third-order valence-corrected chi connectivity index (χ3v) is 5.79. The predicted octanol–water partition coefficient (Wildman–Crippen LogP) is 3.74. The second kappa shape index (κ2) is 8.15. The van der Waals surface area contributed by atoms with E-state index in [4.69, 9.17) is 0 Å². The quantitative estimate of drug-likeness (QED) is 0.736. The van der Waals surface area contributed by atoms with Gasteiger partial charge in [0.05, 0.1) is 17.9 Å². The third kappa shape index (κ3) is 4.21. The molecule has 3 aromatic rings. The lowest BCUT2D eigenvalue weighted by Gasteiger charge is -2.33. The van der Waals surface area contributed by atoms with Crippen LogP contribution >= 0.6 is 0 Å². The van der Waals surface area contributed by atoms with Gasteiger partial charge in [0.2, 0.25) is 5.91 Å². The molecule has 6 nitrogen and oxygen atoms in total. The summed E-state index contributed by atoms with van der Waals surface area (Å²) in [6.45, 7) is 7.93. The summed E-state index contributed by atoms with van der Waals surface area (Å²) in [5, 5.41) is 3.22. The molecule has 4 rings (SSSR count). The Balaban J connectivity index is 1.36. The van der Waals surface area contributed by atoms with Gasteiger partial charge in [0.25, 0.3) is 0 Å². The molecule has 0 unspecified atom stereocenters. The molecule has 150 valence electrons. The summed E-state index contributed by atoms with van der Waals surface area (Å²) in [4.78, 5) is 28.1. The Morgan fingerprint density at radius 1 is 1.10 bits per heavy atom. The first kappa shape index (κ1) is 19.3. The van der Waals surface area contributed by atoms with Crippen molar-refractivity contribution >= 4 is 22.8 Å². The van der Waals surface area contributed by atoms with Gasteiger partial charge in [0.1, 0.15) is 5.52 Å². The number of piperidine rings is 1. The summed E-state index contributed by atoms with van der Waals surface area (Å²) < 4.78 is 0. The normalized spacial score (nSPS) is 16.0. The number of nitrogens with zero attached hydrogens (tertiary/aromatic N) is 4. The van der Waals surface area contributed by atoms with E-state index in [0.29, 0.717) is 5.65 Å². The van der Waals surface area contributed by atoms with Crippen LogP contribution in [0.2, 0.25) is 0 Å². The lowest BCUT2D eigenvalue weighted by Crippen LogP contribution is -2.41. The number of pyridine rings is 1. The fourth-order valence-corrected chi connectivity index (χ4v) is 4.14. The number of amides is 1. The van der Waals surface area contributed by atoms with Gasteiger partial charge in [-0.05, 0) is 50.8 Å². The molecule has 1 fully saturated rings. The van der Waals surface area contributed by atoms with E-state index in [0.717, 1.165) is 37.1 Å². The highest BCUT2D eigenvalue weighted by Crippen LogP contribution is 2.26. The molecule has 1 atom stereocenters. The van der Waals surface area contributed by atoms with Gasteiger partial charge in [-0.3, -0.25) is 9.78 Å². The van der Waals surface area contributed by atoms with Crippen molar-refractivity contribution in [3.05, 3.63) is 59.5 Å². The molecule has 1 aliphatic rings. The smallest absolute Gasteiger partial charge is 0.223 e. The van der Waals surface area contributed by atoms with Crippen LogP contribution in [0.25, 0.3) is 11.2 Å². The van der Waals surface area contributed by atoms with E-state index in [9.17, 15) is 4.79 Å². The Labute approximate surface area is 171 Å². The van der Waals surface area contributed by atoms with Crippen molar-refractivity contribution in [1.29, 1.82) is 0 Å². The number of aryl methyl sites for hydroxylation is 2. The zero-order valence-electron chi connectivity index (χ0n) is 17.2. The van der Waals surface area contributed by atoms with Crippen LogP contribution in [0, 0.1) is 19.8 Å². The number of aromatic nitrogens is 3. The average Bonchev–Trinajstić information content (AvgIpc) is 2.73. The highest BCUT2D eigenvalue weighted by Gasteiger charge is 2.26. The van der Waals surface area contributed by atoms with Gasteiger partial charge in [-0.15, -0.1) is 0 Å². The van der Waals surface area contributed by atoms with Gasteiger partial charge in [-0.25, -0.2) is 9.97 Å². The minimum atomic E-state index is 0.0180. The molecule has 2 aromatic heterocycles. The molecule has 1 amide bonds. The van der Waals surface area contributed by atoms with Crippen LogP contribution in [0.1, 0.15) is 42.5 Å². The summed E-state index contributed by atoms with van der Waals surface area (Å²) in [6.07, 6.45) is 6.85. The molecule has 6 heteroatoms. The molecule has 3 heterocycles. The topological polar surface area (TPSA) is 71.0 Å². The number of fused-ring (bicyclic) bond motifs is 1. The number of rotatable bonds is 4. The monoisotopic (exact) mass is 389 g/mol. The fourth-order valence-electron chi connectivity index (χ4n) is 4.14. The van der Waals surface area contributed by atoms with Gasteiger partial charge in [0.15, 0.2) is 5.65 Å². The first-order valence-corrected chi connectivity index (χ1v) is 10.2. The number of hydrogen-bond acceptors (Lipinski definition) is 5. The Kier molecular flexibility index (Phi) is 5.43. The van der Waals surface area contributed by atoms with Crippen LogP contribution in [0.3, 0.4) is 0 Å². The van der Waals surface area contributed by atoms with E-state index in [1.54, 1.807) is 12.4 Å². The van der Waals surface area contributed by atoms with Crippen molar-refractivity contribution < 1.29 is 4.79 Å². The van der Waals surface area contributed by atoms with Crippen LogP contribution < -0.4 is 10.2 Å². The van der Waals surface area contributed by atoms with Crippen molar-refractivity contribution in [2.24, 2.45) is 5.92 Å². The van der Waals surface area contributed by atoms with Gasteiger partial charge in [-0.2, -0.15) is 0 Å². The van der Waals surface area contributed by atoms with Crippen molar-refractivity contribution in [2.75, 3.05) is 18.0 Å². The van der Waals surface area contributed by atoms with Gasteiger partial charge in [0, 0.05) is 31.4 Å². The molecular weight excluding hydrogens is 362 g/mol. The minimum absolute atomic E-state index is 0.0180. The molecule has 0 bridgehead atoms. The standard InChI is InChI=1S/C23H27N5O/c1-15-4-5-20(16(2)12-15)17(3)27-23(29)18-6-10-28(11-7-18)19-13-21-22(26-14-19)25-9-8-24-21/h4-5,8-9,12-14,17-18H,6-7,10-11H2,1-3H3,(H,27,29)/t17-/m1/s1. The Morgan fingerprint density at radius 3 is 2.62 bits per heavy atom. The number of carbonyl (C=O) groups is 1. The van der Waals surface area contributed by atoms with E-state index in [1.807, 2.05) is 12.3 Å². The highest BCUT2D eigenvalue weighted by atomic mass is 16.1. The molecule has 0 aliphatic carbocycles. The summed E-state index contributed by atoms with van der Waals surface area (Å²) >= 11 is 0. The molecule has 1 saturated heterocycles. The van der Waals surface area contributed by atoms with Gasteiger partial charge in [-0.1, -0.05) is 23.8 Å².